The first-order valence-electron chi connectivity index (χ1n) is 7.22. The third-order valence-electron chi connectivity index (χ3n) is 3.40. The lowest BCUT2D eigenvalue weighted by atomic mass is 9.95. The van der Waals surface area contributed by atoms with E-state index in [0.29, 0.717) is 5.92 Å². The second-order valence-electron chi connectivity index (χ2n) is 5.12. The van der Waals surface area contributed by atoms with Gasteiger partial charge in [-0.05, 0) is 51.0 Å². The summed E-state index contributed by atoms with van der Waals surface area (Å²) in [5, 5.41) is 8.61. The Balaban J connectivity index is 4.13. The predicted molar refractivity (Wildman–Crippen MR) is 82.2 cm³/mol. The summed E-state index contributed by atoms with van der Waals surface area (Å²) in [5.41, 5.74) is 2.26. The van der Waals surface area contributed by atoms with E-state index in [-0.39, 0.29) is 0 Å². The lowest BCUT2D eigenvalue weighted by molar-refractivity contribution is -0.131. The van der Waals surface area contributed by atoms with E-state index in [1.165, 1.54) is 24.5 Å². The molecule has 0 bridgehead atoms. The monoisotopic (exact) mass is 264 g/mol. The van der Waals surface area contributed by atoms with Gasteiger partial charge in [-0.3, -0.25) is 0 Å². The zero-order chi connectivity index (χ0) is 14.7. The first kappa shape index (κ1) is 17.7. The number of aliphatic carboxylic acids is 1. The molecule has 1 unspecified atom stereocenters. The summed E-state index contributed by atoms with van der Waals surface area (Å²) in [6, 6.07) is 0. The molecule has 19 heavy (non-hydrogen) atoms. The van der Waals surface area contributed by atoms with Gasteiger partial charge in [0.15, 0.2) is 0 Å². The Labute approximate surface area is 117 Å². The van der Waals surface area contributed by atoms with Crippen molar-refractivity contribution in [2.75, 3.05) is 0 Å². The van der Waals surface area contributed by atoms with Crippen LogP contribution in [0.2, 0.25) is 0 Å². The van der Waals surface area contributed by atoms with Crippen LogP contribution in [-0.4, -0.2) is 11.1 Å². The fraction of sp³-hybridized carbons (Fsp3) is 0.588. The van der Waals surface area contributed by atoms with Crippen molar-refractivity contribution in [1.29, 1.82) is 0 Å². The second kappa shape index (κ2) is 10.6. The molecule has 0 aromatic carbocycles. The quantitative estimate of drug-likeness (QED) is 0.356. The van der Waals surface area contributed by atoms with Crippen LogP contribution in [0.1, 0.15) is 59.8 Å². The number of carbonyl (C=O) groups is 1. The average molecular weight is 264 g/mol. The van der Waals surface area contributed by atoms with Crippen LogP contribution in [0, 0.1) is 5.92 Å². The summed E-state index contributed by atoms with van der Waals surface area (Å²) < 4.78 is 0. The Morgan fingerprint density at radius 1 is 1.26 bits per heavy atom. The average Bonchev–Trinajstić information content (AvgIpc) is 2.35. The topological polar surface area (TPSA) is 37.3 Å². The van der Waals surface area contributed by atoms with Crippen molar-refractivity contribution in [2.45, 2.75) is 59.8 Å². The van der Waals surface area contributed by atoms with Gasteiger partial charge in [0.25, 0.3) is 0 Å². The van der Waals surface area contributed by atoms with E-state index in [2.05, 4.69) is 32.9 Å². The number of hydrogen-bond donors (Lipinski definition) is 1. The van der Waals surface area contributed by atoms with Crippen LogP contribution in [0.25, 0.3) is 0 Å². The van der Waals surface area contributed by atoms with Gasteiger partial charge >= 0.3 is 5.97 Å². The third kappa shape index (κ3) is 10.3. The number of carboxylic acids is 1. The molecule has 0 amide bonds. The van der Waals surface area contributed by atoms with Gasteiger partial charge in [0.2, 0.25) is 0 Å². The molecule has 1 N–H and O–H groups in total. The van der Waals surface area contributed by atoms with Crippen LogP contribution in [0.3, 0.4) is 0 Å². The van der Waals surface area contributed by atoms with Crippen molar-refractivity contribution in [3.8, 4) is 0 Å². The van der Waals surface area contributed by atoms with Gasteiger partial charge in [0.1, 0.15) is 0 Å². The fourth-order valence-corrected chi connectivity index (χ4v) is 1.89. The largest absolute Gasteiger partial charge is 0.478 e. The molecule has 0 radical (unpaired) electrons. The number of rotatable bonds is 9. The molecule has 0 fully saturated rings. The van der Waals surface area contributed by atoms with E-state index in [4.69, 9.17) is 5.11 Å². The van der Waals surface area contributed by atoms with E-state index in [9.17, 15) is 4.79 Å². The smallest absolute Gasteiger partial charge is 0.328 e. The molecule has 0 aromatic rings. The SMILES string of the molecule is CC/C(C)=C/CCC(CC)C/C=C/C(C)=C/C(=O)O. The van der Waals surface area contributed by atoms with Crippen LogP contribution < -0.4 is 0 Å². The molecular weight excluding hydrogens is 236 g/mol. The van der Waals surface area contributed by atoms with Crippen molar-refractivity contribution in [2.24, 2.45) is 5.92 Å². The minimum absolute atomic E-state index is 0.690. The van der Waals surface area contributed by atoms with Crippen LogP contribution in [0.4, 0.5) is 0 Å². The maximum absolute atomic E-state index is 10.5. The molecule has 0 aromatic heterocycles. The summed E-state index contributed by atoms with van der Waals surface area (Å²) in [6.45, 7) is 8.40. The highest BCUT2D eigenvalue weighted by atomic mass is 16.4. The lowest BCUT2D eigenvalue weighted by Gasteiger charge is -2.11. The zero-order valence-corrected chi connectivity index (χ0v) is 12.8. The van der Waals surface area contributed by atoms with E-state index in [0.717, 1.165) is 24.8 Å². The third-order valence-corrected chi connectivity index (χ3v) is 3.40. The van der Waals surface area contributed by atoms with Gasteiger partial charge in [0, 0.05) is 6.08 Å². The Morgan fingerprint density at radius 3 is 2.47 bits per heavy atom. The van der Waals surface area contributed by atoms with Gasteiger partial charge < -0.3 is 5.11 Å². The molecule has 2 nitrogen and oxygen atoms in total. The van der Waals surface area contributed by atoms with E-state index in [1.807, 2.05) is 13.0 Å². The number of allylic oxidation sites excluding steroid dienone is 5. The Bertz CT molecular complexity index is 348. The molecular formula is C17H28O2. The van der Waals surface area contributed by atoms with Crippen molar-refractivity contribution in [1.82, 2.24) is 0 Å². The van der Waals surface area contributed by atoms with Gasteiger partial charge in [0.05, 0.1) is 0 Å². The normalized spacial score (nSPS) is 14.9. The van der Waals surface area contributed by atoms with Crippen molar-refractivity contribution < 1.29 is 9.90 Å². The van der Waals surface area contributed by atoms with Gasteiger partial charge in [-0.1, -0.05) is 44.1 Å². The second-order valence-corrected chi connectivity index (χ2v) is 5.12. The van der Waals surface area contributed by atoms with E-state index < -0.39 is 5.97 Å². The van der Waals surface area contributed by atoms with Crippen molar-refractivity contribution in [3.05, 3.63) is 35.5 Å². The minimum atomic E-state index is -0.880. The van der Waals surface area contributed by atoms with E-state index >= 15 is 0 Å². The summed E-state index contributed by atoms with van der Waals surface area (Å²) in [7, 11) is 0. The van der Waals surface area contributed by atoms with Gasteiger partial charge in [-0.2, -0.15) is 0 Å². The van der Waals surface area contributed by atoms with E-state index in [1.54, 1.807) is 0 Å². The standard InChI is InChI=1S/C17H28O2/c1-5-14(3)9-7-11-16(6-2)12-8-10-15(4)13-17(18)19/h8-10,13,16H,5-7,11-12H2,1-4H3,(H,18,19)/b10-8+,14-9+,15-13+. The lowest BCUT2D eigenvalue weighted by Crippen LogP contribution is -1.96. The summed E-state index contributed by atoms with van der Waals surface area (Å²) in [5.74, 6) is -0.191. The molecule has 0 heterocycles. The Morgan fingerprint density at radius 2 is 1.95 bits per heavy atom. The number of carboxylic acid groups (broad SMARTS) is 1. The Kier molecular flexibility index (Phi) is 9.87. The predicted octanol–water partition coefficient (Wildman–Crippen LogP) is 5.13. The van der Waals surface area contributed by atoms with Crippen molar-refractivity contribution >= 4 is 5.97 Å². The summed E-state index contributed by atoms with van der Waals surface area (Å²) in [6.07, 6.45) is 13.3. The highest BCUT2D eigenvalue weighted by molar-refractivity contribution is 5.81. The van der Waals surface area contributed by atoms with Gasteiger partial charge in [-0.15, -0.1) is 0 Å². The minimum Gasteiger partial charge on any atom is -0.478 e. The van der Waals surface area contributed by atoms with Gasteiger partial charge in [-0.25, -0.2) is 4.79 Å². The number of hydrogen-bond acceptors (Lipinski definition) is 1. The molecule has 0 saturated carbocycles. The Hall–Kier alpha value is -1.31. The fourth-order valence-electron chi connectivity index (χ4n) is 1.89. The maximum Gasteiger partial charge on any atom is 0.328 e. The molecule has 2 heteroatoms. The highest BCUT2D eigenvalue weighted by Crippen LogP contribution is 2.17. The van der Waals surface area contributed by atoms with Crippen molar-refractivity contribution in [3.63, 3.8) is 0 Å². The molecule has 0 aliphatic heterocycles. The van der Waals surface area contributed by atoms with Crippen LogP contribution in [0.15, 0.2) is 35.5 Å². The molecule has 0 rings (SSSR count). The maximum atomic E-state index is 10.5. The van der Waals surface area contributed by atoms with Crippen LogP contribution in [-0.2, 0) is 4.79 Å². The zero-order valence-electron chi connectivity index (χ0n) is 12.8. The highest BCUT2D eigenvalue weighted by Gasteiger charge is 2.03. The van der Waals surface area contributed by atoms with Crippen LogP contribution in [0.5, 0.6) is 0 Å². The molecule has 0 spiro atoms. The molecule has 0 saturated heterocycles. The summed E-state index contributed by atoms with van der Waals surface area (Å²) in [4.78, 5) is 10.5. The molecule has 0 aliphatic carbocycles. The summed E-state index contributed by atoms with van der Waals surface area (Å²) >= 11 is 0. The van der Waals surface area contributed by atoms with Crippen LogP contribution >= 0.6 is 0 Å². The molecule has 0 aliphatic rings. The molecule has 1 atom stereocenters. The first-order chi connectivity index (χ1) is 8.99. The molecule has 108 valence electrons. The first-order valence-corrected chi connectivity index (χ1v) is 7.22.